The van der Waals surface area contributed by atoms with Crippen LogP contribution >= 0.6 is 0 Å². The second kappa shape index (κ2) is 14.4. The topological polar surface area (TPSA) is 104 Å². The van der Waals surface area contributed by atoms with Crippen LogP contribution in [0.15, 0.2) is 36.0 Å². The van der Waals surface area contributed by atoms with Crippen molar-refractivity contribution >= 4 is 11.9 Å². The maximum Gasteiger partial charge on any atom is 0.320 e. The van der Waals surface area contributed by atoms with Gasteiger partial charge < -0.3 is 21.5 Å². The zero-order valence-corrected chi connectivity index (χ0v) is 15.5. The van der Waals surface area contributed by atoms with Crippen molar-refractivity contribution in [1.29, 1.82) is 0 Å². The number of carbonyl (C=O) groups excluding carboxylic acids is 1. The molecule has 0 aliphatic rings. The average molecular weight is 351 g/mol. The minimum absolute atomic E-state index is 0.232. The Labute approximate surface area is 151 Å². The summed E-state index contributed by atoms with van der Waals surface area (Å²) in [5.74, 6) is -1.14. The lowest BCUT2D eigenvalue weighted by Crippen LogP contribution is -2.40. The van der Waals surface area contributed by atoms with Crippen molar-refractivity contribution in [2.75, 3.05) is 19.6 Å². The molecule has 0 saturated heterocycles. The van der Waals surface area contributed by atoms with Crippen molar-refractivity contribution < 1.29 is 14.7 Å². The Morgan fingerprint density at radius 3 is 2.52 bits per heavy atom. The summed E-state index contributed by atoms with van der Waals surface area (Å²) in [5, 5.41) is 14.7. The Balaban J connectivity index is 4.19. The van der Waals surface area contributed by atoms with Crippen molar-refractivity contribution in [3.63, 3.8) is 0 Å². The Bertz CT molecular complexity index is 484. The number of rotatable bonds is 14. The number of carbonyl (C=O) groups is 2. The highest BCUT2D eigenvalue weighted by molar-refractivity contribution is 5.95. The molecule has 0 spiro atoms. The molecule has 1 amide bonds. The van der Waals surface area contributed by atoms with Gasteiger partial charge in [-0.2, -0.15) is 0 Å². The van der Waals surface area contributed by atoms with Gasteiger partial charge in [-0.25, -0.2) is 0 Å². The molecule has 0 rings (SSSR count). The van der Waals surface area contributed by atoms with E-state index < -0.39 is 12.0 Å². The van der Waals surface area contributed by atoms with Crippen LogP contribution in [0.1, 0.15) is 46.0 Å². The number of nitrogens with one attached hydrogen (secondary N) is 2. The van der Waals surface area contributed by atoms with Gasteiger partial charge in [0.15, 0.2) is 0 Å². The van der Waals surface area contributed by atoms with E-state index in [1.54, 1.807) is 6.08 Å². The van der Waals surface area contributed by atoms with Gasteiger partial charge in [-0.05, 0) is 38.7 Å². The number of amides is 1. The second-order valence-corrected chi connectivity index (χ2v) is 5.86. The molecule has 0 aromatic rings. The predicted octanol–water partition coefficient (Wildman–Crippen LogP) is 2.13. The van der Waals surface area contributed by atoms with Gasteiger partial charge in [0.05, 0.1) is 0 Å². The van der Waals surface area contributed by atoms with E-state index in [4.69, 9.17) is 10.8 Å². The first-order valence-corrected chi connectivity index (χ1v) is 8.92. The SMILES string of the molecule is C=C(/C=C\C(=C/C)CCCC)C(=O)NCCCC(NCCN)C(=O)O. The number of allylic oxidation sites excluding steroid dienone is 3. The standard InChI is InChI=1S/C19H33N3O3/c1-4-6-8-16(5-2)11-10-15(3)18(23)22-13-7-9-17(19(24)25)21-14-12-20/h5,10-11,17,21H,3-4,6-9,12-14,20H2,1-2H3,(H,22,23)(H,24,25)/b11-10-,16-5-. The Morgan fingerprint density at radius 2 is 1.96 bits per heavy atom. The predicted molar refractivity (Wildman–Crippen MR) is 102 cm³/mol. The summed E-state index contributed by atoms with van der Waals surface area (Å²) >= 11 is 0. The molecule has 0 aliphatic heterocycles. The van der Waals surface area contributed by atoms with E-state index in [1.165, 1.54) is 5.57 Å². The zero-order valence-electron chi connectivity index (χ0n) is 15.5. The fraction of sp³-hybridized carbons (Fsp3) is 0.579. The number of carboxylic acids is 1. The summed E-state index contributed by atoms with van der Waals surface area (Å²) in [6.07, 6.45) is 9.92. The van der Waals surface area contributed by atoms with Gasteiger partial charge in [-0.1, -0.05) is 37.6 Å². The highest BCUT2D eigenvalue weighted by Crippen LogP contribution is 2.10. The molecule has 0 bridgehead atoms. The van der Waals surface area contributed by atoms with E-state index in [9.17, 15) is 9.59 Å². The molecular weight excluding hydrogens is 318 g/mol. The smallest absolute Gasteiger partial charge is 0.320 e. The lowest BCUT2D eigenvalue weighted by Gasteiger charge is -2.13. The fourth-order valence-corrected chi connectivity index (χ4v) is 2.18. The van der Waals surface area contributed by atoms with Crippen molar-refractivity contribution in [3.8, 4) is 0 Å². The Morgan fingerprint density at radius 1 is 1.24 bits per heavy atom. The summed E-state index contributed by atoms with van der Waals surface area (Å²) in [7, 11) is 0. The van der Waals surface area contributed by atoms with Crippen molar-refractivity contribution in [1.82, 2.24) is 10.6 Å². The quantitative estimate of drug-likeness (QED) is 0.218. The molecule has 6 nitrogen and oxygen atoms in total. The van der Waals surface area contributed by atoms with Crippen LogP contribution < -0.4 is 16.4 Å². The third kappa shape index (κ3) is 11.3. The maximum absolute atomic E-state index is 12.0. The molecule has 1 atom stereocenters. The first kappa shape index (κ1) is 23.1. The molecule has 0 aromatic carbocycles. The van der Waals surface area contributed by atoms with Gasteiger partial charge in [0, 0.05) is 25.2 Å². The van der Waals surface area contributed by atoms with Crippen molar-refractivity contribution in [2.24, 2.45) is 5.73 Å². The molecule has 0 aromatic heterocycles. The molecule has 1 unspecified atom stereocenters. The van der Waals surface area contributed by atoms with E-state index in [-0.39, 0.29) is 5.91 Å². The lowest BCUT2D eigenvalue weighted by molar-refractivity contribution is -0.139. The van der Waals surface area contributed by atoms with Crippen LogP contribution in [0.2, 0.25) is 0 Å². The number of hydrogen-bond acceptors (Lipinski definition) is 4. The maximum atomic E-state index is 12.0. The summed E-state index contributed by atoms with van der Waals surface area (Å²) in [4.78, 5) is 23.1. The largest absolute Gasteiger partial charge is 0.480 e. The molecule has 0 radical (unpaired) electrons. The zero-order chi connectivity index (χ0) is 19.1. The highest BCUT2D eigenvalue weighted by atomic mass is 16.4. The van der Waals surface area contributed by atoms with Crippen LogP contribution in [0.5, 0.6) is 0 Å². The van der Waals surface area contributed by atoms with Crippen LogP contribution in [0, 0.1) is 0 Å². The second-order valence-electron chi connectivity index (χ2n) is 5.86. The number of hydrogen-bond donors (Lipinski definition) is 4. The van der Waals surface area contributed by atoms with E-state index in [2.05, 4.69) is 24.1 Å². The fourth-order valence-electron chi connectivity index (χ4n) is 2.18. The van der Waals surface area contributed by atoms with E-state index in [0.717, 1.165) is 19.3 Å². The van der Waals surface area contributed by atoms with Crippen LogP contribution in [0.4, 0.5) is 0 Å². The molecule has 6 heteroatoms. The van der Waals surface area contributed by atoms with Gasteiger partial charge >= 0.3 is 5.97 Å². The van der Waals surface area contributed by atoms with Crippen LogP contribution in [0.25, 0.3) is 0 Å². The molecular formula is C19H33N3O3. The summed E-state index contributed by atoms with van der Waals surface area (Å²) in [5.41, 5.74) is 6.94. The van der Waals surface area contributed by atoms with Crippen LogP contribution in [0.3, 0.4) is 0 Å². The molecule has 5 N–H and O–H groups in total. The molecule has 0 fully saturated rings. The van der Waals surface area contributed by atoms with Gasteiger partial charge in [0.2, 0.25) is 0 Å². The Kier molecular flexibility index (Phi) is 13.3. The molecule has 0 saturated carbocycles. The molecule has 0 aliphatic carbocycles. The van der Waals surface area contributed by atoms with E-state index in [0.29, 0.717) is 38.0 Å². The lowest BCUT2D eigenvalue weighted by atomic mass is 10.1. The van der Waals surface area contributed by atoms with Gasteiger partial charge in [-0.15, -0.1) is 0 Å². The highest BCUT2D eigenvalue weighted by Gasteiger charge is 2.15. The summed E-state index contributed by atoms with van der Waals surface area (Å²) < 4.78 is 0. The third-order valence-corrected chi connectivity index (χ3v) is 3.77. The van der Waals surface area contributed by atoms with Crippen LogP contribution in [-0.4, -0.2) is 42.7 Å². The number of nitrogens with two attached hydrogens (primary N) is 1. The van der Waals surface area contributed by atoms with Gasteiger partial charge in [0.25, 0.3) is 5.91 Å². The normalized spacial score (nSPS) is 13.0. The van der Waals surface area contributed by atoms with Crippen molar-refractivity contribution in [3.05, 3.63) is 36.0 Å². The van der Waals surface area contributed by atoms with Crippen molar-refractivity contribution in [2.45, 2.75) is 52.0 Å². The molecule has 0 heterocycles. The first-order valence-electron chi connectivity index (χ1n) is 8.92. The van der Waals surface area contributed by atoms with Gasteiger partial charge in [0.1, 0.15) is 6.04 Å². The minimum Gasteiger partial charge on any atom is -0.480 e. The molecule has 142 valence electrons. The summed E-state index contributed by atoms with van der Waals surface area (Å²) in [6.45, 7) is 9.15. The van der Waals surface area contributed by atoms with E-state index in [1.807, 2.05) is 19.1 Å². The monoisotopic (exact) mass is 351 g/mol. The number of carboxylic acid groups (broad SMARTS) is 1. The minimum atomic E-state index is -0.905. The first-order chi connectivity index (χ1) is 12.0. The average Bonchev–Trinajstić information content (AvgIpc) is 2.60. The van der Waals surface area contributed by atoms with E-state index >= 15 is 0 Å². The summed E-state index contributed by atoms with van der Waals surface area (Å²) in [6, 6.07) is -0.639. The Hall–Kier alpha value is -1.92. The van der Waals surface area contributed by atoms with Gasteiger partial charge in [-0.3, -0.25) is 9.59 Å². The number of aliphatic carboxylic acids is 1. The number of unbranched alkanes of at least 4 members (excludes halogenated alkanes) is 1. The van der Waals surface area contributed by atoms with Crippen LogP contribution in [-0.2, 0) is 9.59 Å². The third-order valence-electron chi connectivity index (χ3n) is 3.77. The molecule has 25 heavy (non-hydrogen) atoms.